The molecule has 148 valence electrons. The van der Waals surface area contributed by atoms with Crippen molar-refractivity contribution in [1.82, 2.24) is 14.7 Å². The minimum Gasteiger partial charge on any atom is -0.370 e. The third kappa shape index (κ3) is 4.26. The first kappa shape index (κ1) is 18.7. The number of amides is 1. The van der Waals surface area contributed by atoms with Crippen molar-refractivity contribution in [2.45, 2.75) is 38.6 Å². The predicted octanol–water partition coefficient (Wildman–Crippen LogP) is 2.52. The third-order valence-electron chi connectivity index (χ3n) is 5.91. The van der Waals surface area contributed by atoms with Crippen LogP contribution in [0.4, 0.5) is 5.69 Å². The highest BCUT2D eigenvalue weighted by molar-refractivity contribution is 5.79. The number of benzene rings is 1. The molecule has 0 saturated carbocycles. The van der Waals surface area contributed by atoms with Gasteiger partial charge >= 0.3 is 0 Å². The second-order valence-corrected chi connectivity index (χ2v) is 7.84. The van der Waals surface area contributed by atoms with Crippen molar-refractivity contribution in [3.63, 3.8) is 0 Å². The molecule has 1 aromatic carbocycles. The standard InChI is InChI=1S/C22H28N4O2/c27-21-15-20(16-23-26(21)17-18-7-3-1-4-8-18)24-13-9-19(10-14-24)22(28)25-11-5-2-6-12-25/h1,3-4,7-8,15-16,19H,2,5-6,9-14,17H2. The molecular formula is C22H28N4O2. The van der Waals surface area contributed by atoms with Crippen LogP contribution in [0, 0.1) is 5.92 Å². The van der Waals surface area contributed by atoms with Gasteiger partial charge in [-0.15, -0.1) is 0 Å². The van der Waals surface area contributed by atoms with Gasteiger partial charge in [0.1, 0.15) is 0 Å². The monoisotopic (exact) mass is 380 g/mol. The molecule has 1 amide bonds. The lowest BCUT2D eigenvalue weighted by molar-refractivity contribution is -0.137. The predicted molar refractivity (Wildman–Crippen MR) is 109 cm³/mol. The molecule has 0 radical (unpaired) electrons. The van der Waals surface area contributed by atoms with E-state index >= 15 is 0 Å². The molecule has 2 saturated heterocycles. The van der Waals surface area contributed by atoms with Gasteiger partial charge in [-0.3, -0.25) is 9.59 Å². The number of carbonyl (C=O) groups excluding carboxylic acids is 1. The Bertz CT molecular complexity index is 850. The van der Waals surface area contributed by atoms with E-state index in [2.05, 4.69) is 14.9 Å². The van der Waals surface area contributed by atoms with E-state index in [0.717, 1.165) is 63.1 Å². The Labute approximate surface area is 165 Å². The van der Waals surface area contributed by atoms with Crippen molar-refractivity contribution in [3.8, 4) is 0 Å². The Balaban J connectivity index is 1.36. The largest absolute Gasteiger partial charge is 0.370 e. The average molecular weight is 380 g/mol. The van der Waals surface area contributed by atoms with E-state index in [1.54, 1.807) is 12.3 Å². The van der Waals surface area contributed by atoms with Crippen molar-refractivity contribution in [2.24, 2.45) is 5.92 Å². The van der Waals surface area contributed by atoms with Crippen LogP contribution in [0.25, 0.3) is 0 Å². The third-order valence-corrected chi connectivity index (χ3v) is 5.91. The van der Waals surface area contributed by atoms with E-state index in [4.69, 9.17) is 0 Å². The maximum absolute atomic E-state index is 12.7. The summed E-state index contributed by atoms with van der Waals surface area (Å²) in [7, 11) is 0. The molecule has 2 aliphatic heterocycles. The maximum atomic E-state index is 12.7. The summed E-state index contributed by atoms with van der Waals surface area (Å²) in [5.41, 5.74) is 1.83. The number of aromatic nitrogens is 2. The highest BCUT2D eigenvalue weighted by atomic mass is 16.2. The second-order valence-electron chi connectivity index (χ2n) is 7.84. The van der Waals surface area contributed by atoms with Gasteiger partial charge in [0.2, 0.25) is 5.91 Å². The molecule has 3 heterocycles. The van der Waals surface area contributed by atoms with Crippen molar-refractivity contribution >= 4 is 11.6 Å². The minimum atomic E-state index is -0.0899. The van der Waals surface area contributed by atoms with Gasteiger partial charge in [0.25, 0.3) is 5.56 Å². The highest BCUT2D eigenvalue weighted by Gasteiger charge is 2.29. The fraction of sp³-hybridized carbons (Fsp3) is 0.500. The van der Waals surface area contributed by atoms with E-state index in [9.17, 15) is 9.59 Å². The topological polar surface area (TPSA) is 58.4 Å². The van der Waals surface area contributed by atoms with Crippen LogP contribution in [0.1, 0.15) is 37.7 Å². The number of hydrogen-bond donors (Lipinski definition) is 0. The van der Waals surface area contributed by atoms with Crippen molar-refractivity contribution < 1.29 is 4.79 Å². The summed E-state index contributed by atoms with van der Waals surface area (Å²) in [6.45, 7) is 3.92. The minimum absolute atomic E-state index is 0.0899. The van der Waals surface area contributed by atoms with Gasteiger partial charge in [-0.25, -0.2) is 4.68 Å². The zero-order valence-electron chi connectivity index (χ0n) is 16.3. The van der Waals surface area contributed by atoms with Gasteiger partial charge < -0.3 is 9.80 Å². The van der Waals surface area contributed by atoms with Crippen molar-refractivity contribution in [1.29, 1.82) is 0 Å². The number of hydrogen-bond acceptors (Lipinski definition) is 4. The van der Waals surface area contributed by atoms with Crippen LogP contribution in [0.15, 0.2) is 47.4 Å². The quantitative estimate of drug-likeness (QED) is 0.818. The lowest BCUT2D eigenvalue weighted by Gasteiger charge is -2.36. The van der Waals surface area contributed by atoms with Gasteiger partial charge in [0.05, 0.1) is 18.4 Å². The van der Waals surface area contributed by atoms with E-state index in [1.165, 1.54) is 11.1 Å². The molecule has 28 heavy (non-hydrogen) atoms. The molecule has 0 unspecified atom stereocenters. The Hall–Kier alpha value is -2.63. The van der Waals surface area contributed by atoms with Crippen LogP contribution >= 0.6 is 0 Å². The molecule has 2 fully saturated rings. The molecule has 0 N–H and O–H groups in total. The summed E-state index contributed by atoms with van der Waals surface area (Å²) in [6.07, 6.45) is 6.98. The highest BCUT2D eigenvalue weighted by Crippen LogP contribution is 2.24. The number of carbonyl (C=O) groups is 1. The summed E-state index contributed by atoms with van der Waals surface area (Å²) >= 11 is 0. The molecule has 6 nitrogen and oxygen atoms in total. The molecule has 4 rings (SSSR count). The molecule has 2 aliphatic rings. The smallest absolute Gasteiger partial charge is 0.269 e. The number of likely N-dealkylation sites (tertiary alicyclic amines) is 1. The SMILES string of the molecule is O=C(C1CCN(c2cnn(Cc3ccccc3)c(=O)c2)CC1)N1CCCCC1. The number of piperidine rings is 2. The molecule has 0 atom stereocenters. The summed E-state index contributed by atoms with van der Waals surface area (Å²) in [5, 5.41) is 4.36. The zero-order valence-corrected chi connectivity index (χ0v) is 16.3. The molecule has 2 aromatic rings. The first-order valence-corrected chi connectivity index (χ1v) is 10.4. The lowest BCUT2D eigenvalue weighted by Crippen LogP contribution is -2.44. The average Bonchev–Trinajstić information content (AvgIpc) is 2.76. The normalized spacial score (nSPS) is 18.3. The summed E-state index contributed by atoms with van der Waals surface area (Å²) in [4.78, 5) is 29.4. The van der Waals surface area contributed by atoms with Gasteiger partial charge in [-0.05, 0) is 37.7 Å². The maximum Gasteiger partial charge on any atom is 0.269 e. The second kappa shape index (κ2) is 8.59. The Morgan fingerprint density at radius 2 is 1.71 bits per heavy atom. The summed E-state index contributed by atoms with van der Waals surface area (Å²) in [5.74, 6) is 0.455. The Morgan fingerprint density at radius 1 is 1.00 bits per heavy atom. The van der Waals surface area contributed by atoms with E-state index in [0.29, 0.717) is 12.5 Å². The summed E-state index contributed by atoms with van der Waals surface area (Å²) < 4.78 is 1.49. The van der Waals surface area contributed by atoms with Gasteiger partial charge in [0, 0.05) is 38.2 Å². The van der Waals surface area contributed by atoms with E-state index < -0.39 is 0 Å². The number of anilines is 1. The van der Waals surface area contributed by atoms with Crippen LogP contribution in [0.5, 0.6) is 0 Å². The lowest BCUT2D eigenvalue weighted by atomic mass is 9.94. The van der Waals surface area contributed by atoms with Crippen LogP contribution in [0.3, 0.4) is 0 Å². The van der Waals surface area contributed by atoms with E-state index in [-0.39, 0.29) is 11.5 Å². The van der Waals surface area contributed by atoms with Crippen LogP contribution < -0.4 is 10.5 Å². The Morgan fingerprint density at radius 3 is 2.39 bits per heavy atom. The van der Waals surface area contributed by atoms with Gasteiger partial charge in [-0.1, -0.05) is 30.3 Å². The molecule has 6 heteroatoms. The molecule has 0 spiro atoms. The van der Waals surface area contributed by atoms with E-state index in [1.807, 2.05) is 30.3 Å². The molecule has 1 aromatic heterocycles. The fourth-order valence-electron chi connectivity index (χ4n) is 4.23. The first-order valence-electron chi connectivity index (χ1n) is 10.4. The van der Waals surface area contributed by atoms with Crippen LogP contribution in [-0.2, 0) is 11.3 Å². The molecular weight excluding hydrogens is 352 g/mol. The van der Waals surface area contributed by atoms with Crippen LogP contribution in [-0.4, -0.2) is 46.8 Å². The number of rotatable bonds is 4. The van der Waals surface area contributed by atoms with Crippen molar-refractivity contribution in [2.75, 3.05) is 31.1 Å². The summed E-state index contributed by atoms with van der Waals surface area (Å²) in [6, 6.07) is 11.5. The molecule has 0 aliphatic carbocycles. The fourth-order valence-corrected chi connectivity index (χ4v) is 4.23. The van der Waals surface area contributed by atoms with Crippen LogP contribution in [0.2, 0.25) is 0 Å². The van der Waals surface area contributed by atoms with Gasteiger partial charge in [0.15, 0.2) is 0 Å². The Kier molecular flexibility index (Phi) is 5.74. The zero-order chi connectivity index (χ0) is 19.3. The molecule has 0 bridgehead atoms. The first-order chi connectivity index (χ1) is 13.7. The number of nitrogens with zero attached hydrogens (tertiary/aromatic N) is 4. The van der Waals surface area contributed by atoms with Gasteiger partial charge in [-0.2, -0.15) is 5.10 Å². The van der Waals surface area contributed by atoms with Crippen molar-refractivity contribution in [3.05, 3.63) is 58.5 Å².